The number of carbonyl (C=O) groups excluding carboxylic acids is 2. The van der Waals surface area contributed by atoms with Crippen molar-refractivity contribution in [3.05, 3.63) is 65.4 Å². The molecule has 150 valence electrons. The van der Waals surface area contributed by atoms with Crippen LogP contribution in [0.1, 0.15) is 11.1 Å². The zero-order valence-electron chi connectivity index (χ0n) is 14.6. The Morgan fingerprint density at radius 2 is 1.79 bits per heavy atom. The molecule has 0 radical (unpaired) electrons. The van der Waals surface area contributed by atoms with Gasteiger partial charge >= 0.3 is 12.0 Å². The molecule has 0 saturated carbocycles. The molecule has 1 saturated heterocycles. The predicted molar refractivity (Wildman–Crippen MR) is 124 cm³/mol. The van der Waals surface area contributed by atoms with Crippen LogP contribution < -0.4 is 10.1 Å². The number of urea groups is 1. The van der Waals surface area contributed by atoms with E-state index in [1.54, 1.807) is 12.1 Å². The average Bonchev–Trinajstić information content (AvgIpc) is 2.89. The van der Waals surface area contributed by atoms with Gasteiger partial charge in [-0.05, 0) is 86.7 Å². The van der Waals surface area contributed by atoms with Gasteiger partial charge in [0.1, 0.15) is 24.6 Å². The maximum absolute atomic E-state index is 12.2. The van der Waals surface area contributed by atoms with Crippen LogP contribution in [-0.4, -0.2) is 34.5 Å². The highest BCUT2D eigenvalue weighted by atomic mass is 127. The van der Waals surface area contributed by atoms with Crippen LogP contribution in [-0.2, 0) is 16.2 Å². The molecule has 7 nitrogen and oxygen atoms in total. The molecular formula is C19H13ClI2N2O5. The molecule has 3 rings (SSSR count). The number of amides is 3. The van der Waals surface area contributed by atoms with E-state index in [2.05, 4.69) is 50.5 Å². The van der Waals surface area contributed by atoms with E-state index in [0.29, 0.717) is 27.8 Å². The molecule has 3 amide bonds. The number of carboxylic acids is 1. The van der Waals surface area contributed by atoms with E-state index >= 15 is 0 Å². The van der Waals surface area contributed by atoms with E-state index in [0.717, 1.165) is 12.7 Å². The van der Waals surface area contributed by atoms with Crippen molar-refractivity contribution >= 4 is 80.8 Å². The molecule has 10 heteroatoms. The SMILES string of the molecule is O=C(O)CN1C(=O)N/C(=C/c2cc(I)c(OCc3ccc(Cl)cc3)c(I)c2)C1=O. The fourth-order valence-corrected chi connectivity index (χ4v) is 4.81. The highest BCUT2D eigenvalue weighted by molar-refractivity contribution is 14.1. The fraction of sp³-hybridized carbons (Fsp3) is 0.105. The quantitative estimate of drug-likeness (QED) is 0.282. The number of nitrogens with one attached hydrogen (secondary N) is 1. The summed E-state index contributed by atoms with van der Waals surface area (Å²) in [4.78, 5) is 35.5. The lowest BCUT2D eigenvalue weighted by molar-refractivity contribution is -0.140. The van der Waals surface area contributed by atoms with Gasteiger partial charge in [-0.2, -0.15) is 0 Å². The van der Waals surface area contributed by atoms with Crippen molar-refractivity contribution in [3.63, 3.8) is 0 Å². The smallest absolute Gasteiger partial charge is 0.329 e. The molecule has 1 aliphatic heterocycles. The van der Waals surface area contributed by atoms with Crippen LogP contribution in [0.5, 0.6) is 5.75 Å². The molecular weight excluding hydrogens is 625 g/mol. The number of halogens is 3. The normalized spacial score (nSPS) is 15.0. The van der Waals surface area contributed by atoms with E-state index < -0.39 is 24.5 Å². The van der Waals surface area contributed by atoms with E-state index in [1.807, 2.05) is 24.3 Å². The minimum Gasteiger partial charge on any atom is -0.487 e. The number of aliphatic carboxylic acids is 1. The predicted octanol–water partition coefficient (Wildman–Crippen LogP) is 4.11. The lowest BCUT2D eigenvalue weighted by Crippen LogP contribution is -2.35. The molecule has 1 fully saturated rings. The topological polar surface area (TPSA) is 95.9 Å². The molecule has 2 N–H and O–H groups in total. The Bertz CT molecular complexity index is 1000. The van der Waals surface area contributed by atoms with Crippen molar-refractivity contribution in [2.45, 2.75) is 6.61 Å². The van der Waals surface area contributed by atoms with Crippen LogP contribution in [0.3, 0.4) is 0 Å². The van der Waals surface area contributed by atoms with Gasteiger partial charge in [-0.25, -0.2) is 9.69 Å². The maximum atomic E-state index is 12.2. The molecule has 0 unspecified atom stereocenters. The van der Waals surface area contributed by atoms with Crippen molar-refractivity contribution in [2.24, 2.45) is 0 Å². The van der Waals surface area contributed by atoms with Gasteiger partial charge in [-0.15, -0.1) is 0 Å². The third-order valence-corrected chi connectivity index (χ3v) is 5.74. The summed E-state index contributed by atoms with van der Waals surface area (Å²) in [6, 6.07) is 10.2. The van der Waals surface area contributed by atoms with E-state index in [9.17, 15) is 14.4 Å². The van der Waals surface area contributed by atoms with Gasteiger partial charge < -0.3 is 15.2 Å². The zero-order chi connectivity index (χ0) is 21.1. The highest BCUT2D eigenvalue weighted by Gasteiger charge is 2.34. The lowest BCUT2D eigenvalue weighted by atomic mass is 10.2. The summed E-state index contributed by atoms with van der Waals surface area (Å²) in [5.41, 5.74) is 1.68. The second-order valence-electron chi connectivity index (χ2n) is 6.00. The van der Waals surface area contributed by atoms with Crippen LogP contribution in [0.25, 0.3) is 6.08 Å². The molecule has 29 heavy (non-hydrogen) atoms. The van der Waals surface area contributed by atoms with Crippen molar-refractivity contribution in [1.29, 1.82) is 0 Å². The van der Waals surface area contributed by atoms with E-state index in [4.69, 9.17) is 21.4 Å². The van der Waals surface area contributed by atoms with Gasteiger partial charge in [-0.3, -0.25) is 9.59 Å². The largest absolute Gasteiger partial charge is 0.487 e. The Morgan fingerprint density at radius 1 is 1.17 bits per heavy atom. The van der Waals surface area contributed by atoms with Gasteiger partial charge in [0.25, 0.3) is 5.91 Å². The van der Waals surface area contributed by atoms with Crippen molar-refractivity contribution < 1.29 is 24.2 Å². The number of hydrogen-bond acceptors (Lipinski definition) is 4. The Labute approximate surface area is 198 Å². The second-order valence-corrected chi connectivity index (χ2v) is 8.76. The maximum Gasteiger partial charge on any atom is 0.329 e. The van der Waals surface area contributed by atoms with Crippen molar-refractivity contribution in [2.75, 3.05) is 6.54 Å². The lowest BCUT2D eigenvalue weighted by Gasteiger charge is -2.12. The molecule has 0 spiro atoms. The summed E-state index contributed by atoms with van der Waals surface area (Å²) in [7, 11) is 0. The monoisotopic (exact) mass is 638 g/mol. The molecule has 0 atom stereocenters. The Kier molecular flexibility index (Phi) is 7.01. The first kappa shape index (κ1) is 21.8. The number of hydrogen-bond donors (Lipinski definition) is 2. The van der Waals surface area contributed by atoms with E-state index in [1.165, 1.54) is 6.08 Å². The van der Waals surface area contributed by atoms with Crippen molar-refractivity contribution in [3.8, 4) is 5.75 Å². The summed E-state index contributed by atoms with van der Waals surface area (Å²) >= 11 is 10.2. The molecule has 1 heterocycles. The van der Waals surface area contributed by atoms with Crippen LogP contribution >= 0.6 is 56.8 Å². The first-order chi connectivity index (χ1) is 13.7. The number of ether oxygens (including phenoxy) is 1. The summed E-state index contributed by atoms with van der Waals surface area (Å²) < 4.78 is 7.58. The summed E-state index contributed by atoms with van der Waals surface area (Å²) in [6.45, 7) is -0.309. The average molecular weight is 639 g/mol. The van der Waals surface area contributed by atoms with Crippen LogP contribution in [0, 0.1) is 7.14 Å². The zero-order valence-corrected chi connectivity index (χ0v) is 19.7. The fourth-order valence-electron chi connectivity index (χ4n) is 2.55. The third kappa shape index (κ3) is 5.39. The number of nitrogens with zero attached hydrogens (tertiary/aromatic N) is 1. The number of carboxylic acid groups (broad SMARTS) is 1. The van der Waals surface area contributed by atoms with Gasteiger partial charge in [-0.1, -0.05) is 23.7 Å². The number of imide groups is 1. The standard InChI is InChI=1S/C19H13ClI2N2O5/c20-12-3-1-10(2-4-12)9-29-17-13(21)5-11(6-14(17)22)7-15-18(27)24(8-16(25)26)19(28)23-15/h1-7H,8-9H2,(H,23,28)(H,25,26)/b15-7+. The molecule has 1 aliphatic rings. The number of carbonyl (C=O) groups is 3. The molecule has 0 bridgehead atoms. The van der Waals surface area contributed by atoms with Gasteiger partial charge in [0, 0.05) is 5.02 Å². The number of rotatable bonds is 6. The first-order valence-corrected chi connectivity index (χ1v) is 10.7. The second kappa shape index (κ2) is 9.30. The minimum absolute atomic E-state index is 0.0256. The summed E-state index contributed by atoms with van der Waals surface area (Å²) in [6.07, 6.45) is 1.51. The molecule has 2 aromatic carbocycles. The third-order valence-electron chi connectivity index (χ3n) is 3.88. The van der Waals surface area contributed by atoms with Crippen LogP contribution in [0.4, 0.5) is 4.79 Å². The molecule has 2 aromatic rings. The Hall–Kier alpha value is -1.86. The van der Waals surface area contributed by atoms with Crippen LogP contribution in [0.15, 0.2) is 42.1 Å². The van der Waals surface area contributed by atoms with Gasteiger partial charge in [0.05, 0.1) is 7.14 Å². The minimum atomic E-state index is -1.26. The van der Waals surface area contributed by atoms with E-state index in [-0.39, 0.29) is 5.70 Å². The molecule has 0 aliphatic carbocycles. The summed E-state index contributed by atoms with van der Waals surface area (Å²) in [5.74, 6) is -1.23. The van der Waals surface area contributed by atoms with Crippen molar-refractivity contribution in [1.82, 2.24) is 10.2 Å². The molecule has 0 aromatic heterocycles. The Morgan fingerprint density at radius 3 is 2.38 bits per heavy atom. The van der Waals surface area contributed by atoms with Gasteiger partial charge in [0.2, 0.25) is 0 Å². The number of benzene rings is 2. The summed E-state index contributed by atoms with van der Waals surface area (Å²) in [5, 5.41) is 11.9. The van der Waals surface area contributed by atoms with Gasteiger partial charge in [0.15, 0.2) is 0 Å². The highest BCUT2D eigenvalue weighted by Crippen LogP contribution is 2.31. The Balaban J connectivity index is 1.77. The van der Waals surface area contributed by atoms with Crippen LogP contribution in [0.2, 0.25) is 5.02 Å². The first-order valence-electron chi connectivity index (χ1n) is 8.17.